The van der Waals surface area contributed by atoms with Crippen molar-refractivity contribution in [1.82, 2.24) is 4.90 Å². The lowest BCUT2D eigenvalue weighted by atomic mass is 9.68. The molecule has 1 heterocycles. The first kappa shape index (κ1) is 15.7. The number of hydrogen-bond acceptors (Lipinski definition) is 3. The zero-order chi connectivity index (χ0) is 16.7. The molecule has 1 aliphatic heterocycles. The van der Waals surface area contributed by atoms with Gasteiger partial charge in [-0.15, -0.1) is 0 Å². The van der Waals surface area contributed by atoms with Gasteiger partial charge in [-0.2, -0.15) is 0 Å². The second kappa shape index (κ2) is 5.80. The van der Waals surface area contributed by atoms with E-state index < -0.39 is 11.8 Å². The van der Waals surface area contributed by atoms with Crippen LogP contribution in [-0.4, -0.2) is 36.7 Å². The van der Waals surface area contributed by atoms with Crippen LogP contribution >= 0.6 is 0 Å². The van der Waals surface area contributed by atoms with Gasteiger partial charge in [0, 0.05) is 14.1 Å². The topological polar surface area (TPSA) is 57.7 Å². The third kappa shape index (κ3) is 2.44. The number of benzene rings is 1. The van der Waals surface area contributed by atoms with Crippen LogP contribution in [0.1, 0.15) is 19.8 Å². The van der Waals surface area contributed by atoms with Crippen LogP contribution in [0, 0.1) is 23.7 Å². The van der Waals surface area contributed by atoms with Crippen molar-refractivity contribution in [3.05, 3.63) is 30.3 Å². The molecule has 3 rings (SSSR count). The molecule has 1 aromatic carbocycles. The zero-order valence-corrected chi connectivity index (χ0v) is 13.7. The number of anilines is 1. The van der Waals surface area contributed by atoms with E-state index in [0.29, 0.717) is 12.1 Å². The Morgan fingerprint density at radius 1 is 1.04 bits per heavy atom. The summed E-state index contributed by atoms with van der Waals surface area (Å²) in [4.78, 5) is 41.1. The fourth-order valence-corrected chi connectivity index (χ4v) is 3.98. The molecule has 0 bridgehead atoms. The van der Waals surface area contributed by atoms with Crippen molar-refractivity contribution >= 4 is 23.4 Å². The van der Waals surface area contributed by atoms with Crippen molar-refractivity contribution < 1.29 is 14.4 Å². The minimum absolute atomic E-state index is 0.0528. The van der Waals surface area contributed by atoms with E-state index in [9.17, 15) is 14.4 Å². The summed E-state index contributed by atoms with van der Waals surface area (Å²) in [6.07, 6.45) is 1.47. The Morgan fingerprint density at radius 2 is 1.65 bits per heavy atom. The van der Waals surface area contributed by atoms with Crippen molar-refractivity contribution in [3.63, 3.8) is 0 Å². The Hall–Kier alpha value is -2.17. The van der Waals surface area contributed by atoms with E-state index in [1.807, 2.05) is 25.1 Å². The van der Waals surface area contributed by atoms with Gasteiger partial charge >= 0.3 is 0 Å². The SMILES string of the molecule is C[C@@H]1CC[C@H](C(=O)N(C)C)[C@H]2C(=O)N(c3ccccc3)C(=O)[C@@H]21. The number of amides is 3. The largest absolute Gasteiger partial charge is 0.349 e. The number of fused-ring (bicyclic) bond motifs is 1. The van der Waals surface area contributed by atoms with Gasteiger partial charge in [-0.05, 0) is 30.9 Å². The highest BCUT2D eigenvalue weighted by Gasteiger charge is 2.57. The normalized spacial score (nSPS) is 30.3. The van der Waals surface area contributed by atoms with Crippen LogP contribution in [-0.2, 0) is 14.4 Å². The third-order valence-electron chi connectivity index (χ3n) is 5.15. The Morgan fingerprint density at radius 3 is 2.26 bits per heavy atom. The van der Waals surface area contributed by atoms with Crippen LogP contribution in [0.25, 0.3) is 0 Å². The van der Waals surface area contributed by atoms with Crippen LogP contribution in [0.3, 0.4) is 0 Å². The van der Waals surface area contributed by atoms with Crippen molar-refractivity contribution in [2.75, 3.05) is 19.0 Å². The van der Waals surface area contributed by atoms with Crippen molar-refractivity contribution in [2.24, 2.45) is 23.7 Å². The first-order valence-corrected chi connectivity index (χ1v) is 8.07. The molecule has 5 heteroatoms. The molecule has 1 saturated carbocycles. The fraction of sp³-hybridized carbons (Fsp3) is 0.500. The highest BCUT2D eigenvalue weighted by Crippen LogP contribution is 2.46. The monoisotopic (exact) mass is 314 g/mol. The van der Waals surface area contributed by atoms with Gasteiger partial charge < -0.3 is 4.90 Å². The van der Waals surface area contributed by atoms with Gasteiger partial charge in [0.1, 0.15) is 0 Å². The van der Waals surface area contributed by atoms with E-state index in [0.717, 1.165) is 6.42 Å². The minimum Gasteiger partial charge on any atom is -0.349 e. The van der Waals surface area contributed by atoms with E-state index >= 15 is 0 Å². The number of carbonyl (C=O) groups excluding carboxylic acids is 3. The summed E-state index contributed by atoms with van der Waals surface area (Å²) in [7, 11) is 3.40. The molecule has 3 amide bonds. The summed E-state index contributed by atoms with van der Waals surface area (Å²) in [5, 5.41) is 0. The van der Waals surface area contributed by atoms with E-state index in [-0.39, 0.29) is 29.6 Å². The quantitative estimate of drug-likeness (QED) is 0.784. The molecule has 0 aromatic heterocycles. The minimum atomic E-state index is -0.527. The first-order valence-electron chi connectivity index (χ1n) is 8.07. The number of hydrogen-bond donors (Lipinski definition) is 0. The van der Waals surface area contributed by atoms with Gasteiger partial charge in [-0.1, -0.05) is 25.1 Å². The maximum absolute atomic E-state index is 13.0. The first-order chi connectivity index (χ1) is 10.9. The van der Waals surface area contributed by atoms with Crippen molar-refractivity contribution in [3.8, 4) is 0 Å². The van der Waals surface area contributed by atoms with Crippen molar-refractivity contribution in [1.29, 1.82) is 0 Å². The molecule has 0 radical (unpaired) electrons. The molecule has 0 unspecified atom stereocenters. The molecule has 0 N–H and O–H groups in total. The smallest absolute Gasteiger partial charge is 0.238 e. The van der Waals surface area contributed by atoms with E-state index in [4.69, 9.17) is 0 Å². The summed E-state index contributed by atoms with van der Waals surface area (Å²) in [5.74, 6) is -1.62. The van der Waals surface area contributed by atoms with Gasteiger partial charge in [0.2, 0.25) is 17.7 Å². The Bertz CT molecular complexity index is 641. The maximum Gasteiger partial charge on any atom is 0.238 e. The average molecular weight is 314 g/mol. The molecule has 0 spiro atoms. The van der Waals surface area contributed by atoms with E-state index in [1.54, 1.807) is 26.2 Å². The average Bonchev–Trinajstić information content (AvgIpc) is 2.80. The highest BCUT2D eigenvalue weighted by molar-refractivity contribution is 6.23. The van der Waals surface area contributed by atoms with Gasteiger partial charge in [0.15, 0.2) is 0 Å². The molecule has 1 saturated heterocycles. The number of imide groups is 1. The van der Waals surface area contributed by atoms with Gasteiger partial charge in [0.25, 0.3) is 0 Å². The second-order valence-corrected chi connectivity index (χ2v) is 6.79. The van der Waals surface area contributed by atoms with Gasteiger partial charge in [-0.3, -0.25) is 19.3 Å². The molecule has 2 aliphatic rings. The van der Waals surface area contributed by atoms with Crippen LogP contribution in [0.2, 0.25) is 0 Å². The standard InChI is InChI=1S/C18H22N2O3/c1-11-9-10-13(16(21)19(2)3)15-14(11)17(22)20(18(15)23)12-7-5-4-6-8-12/h4-8,11,13-15H,9-10H2,1-3H3/t11-,13+,14-,15-/m1/s1. The Kier molecular flexibility index (Phi) is 3.96. The maximum atomic E-state index is 13.0. The lowest BCUT2D eigenvalue weighted by molar-refractivity contribution is -0.142. The molecule has 5 nitrogen and oxygen atoms in total. The van der Waals surface area contributed by atoms with Crippen LogP contribution in [0.15, 0.2) is 30.3 Å². The van der Waals surface area contributed by atoms with E-state index in [2.05, 4.69) is 0 Å². The molecular weight excluding hydrogens is 292 g/mol. The predicted molar refractivity (Wildman–Crippen MR) is 86.5 cm³/mol. The van der Waals surface area contributed by atoms with Crippen molar-refractivity contribution in [2.45, 2.75) is 19.8 Å². The summed E-state index contributed by atoms with van der Waals surface area (Å²) >= 11 is 0. The third-order valence-corrected chi connectivity index (χ3v) is 5.15. The van der Waals surface area contributed by atoms with E-state index in [1.165, 1.54) is 9.80 Å². The zero-order valence-electron chi connectivity index (χ0n) is 13.7. The molecule has 23 heavy (non-hydrogen) atoms. The lowest BCUT2D eigenvalue weighted by Crippen LogP contribution is -2.43. The van der Waals surface area contributed by atoms with Gasteiger partial charge in [-0.25, -0.2) is 0 Å². The molecular formula is C18H22N2O3. The summed E-state index contributed by atoms with van der Waals surface area (Å²) in [6.45, 7) is 2.01. The van der Waals surface area contributed by atoms with Crippen LogP contribution < -0.4 is 4.90 Å². The number of nitrogens with zero attached hydrogens (tertiary/aromatic N) is 2. The summed E-state index contributed by atoms with van der Waals surface area (Å²) < 4.78 is 0. The second-order valence-electron chi connectivity index (χ2n) is 6.79. The molecule has 2 fully saturated rings. The Labute approximate surface area is 136 Å². The summed E-state index contributed by atoms with van der Waals surface area (Å²) in [5.41, 5.74) is 0.597. The molecule has 122 valence electrons. The molecule has 4 atom stereocenters. The van der Waals surface area contributed by atoms with Gasteiger partial charge in [0.05, 0.1) is 23.4 Å². The van der Waals surface area contributed by atoms with Crippen LogP contribution in [0.5, 0.6) is 0 Å². The Balaban J connectivity index is 2.00. The summed E-state index contributed by atoms with van der Waals surface area (Å²) in [6, 6.07) is 9.00. The fourth-order valence-electron chi connectivity index (χ4n) is 3.98. The molecule has 1 aliphatic carbocycles. The number of para-hydroxylation sites is 1. The lowest BCUT2D eigenvalue weighted by Gasteiger charge is -2.35. The number of rotatable bonds is 2. The molecule has 1 aromatic rings. The van der Waals surface area contributed by atoms with Crippen LogP contribution in [0.4, 0.5) is 5.69 Å². The predicted octanol–water partition coefficient (Wildman–Crippen LogP) is 1.93. The highest BCUT2D eigenvalue weighted by atomic mass is 16.2. The number of carbonyl (C=O) groups is 3.